The molecule has 3 rings (SSSR count). The molecule has 0 N–H and O–H groups in total. The van der Waals surface area contributed by atoms with Crippen LogP contribution in [-0.4, -0.2) is 7.11 Å². The van der Waals surface area contributed by atoms with Crippen LogP contribution in [0, 0.1) is 0 Å². The van der Waals surface area contributed by atoms with E-state index in [-0.39, 0.29) is 0 Å². The fraction of sp³-hybridized carbons (Fsp3) is 0.125. The minimum atomic E-state index is 0.406. The van der Waals surface area contributed by atoms with Crippen molar-refractivity contribution in [2.24, 2.45) is 0 Å². The summed E-state index contributed by atoms with van der Waals surface area (Å²) in [7, 11) is 1.63. The SMILES string of the molecule is COc1ccc(OCc2coc3cccc(Cl)c23)cc1. The molecule has 0 unspecified atom stereocenters. The van der Waals surface area contributed by atoms with Crippen LogP contribution in [0.1, 0.15) is 5.56 Å². The van der Waals surface area contributed by atoms with E-state index in [2.05, 4.69) is 0 Å². The zero-order chi connectivity index (χ0) is 13.9. The standard InChI is InChI=1S/C16H13ClO3/c1-18-12-5-7-13(8-6-12)19-9-11-10-20-15-4-2-3-14(17)16(11)15/h2-8,10H,9H2,1H3. The molecule has 0 saturated heterocycles. The molecule has 0 atom stereocenters. The third kappa shape index (κ3) is 2.45. The predicted octanol–water partition coefficient (Wildman–Crippen LogP) is 4.67. The predicted molar refractivity (Wildman–Crippen MR) is 78.6 cm³/mol. The molecule has 0 bridgehead atoms. The Morgan fingerprint density at radius 3 is 2.55 bits per heavy atom. The molecule has 4 heteroatoms. The molecule has 3 aromatic rings. The van der Waals surface area contributed by atoms with Gasteiger partial charge in [-0.1, -0.05) is 17.7 Å². The summed E-state index contributed by atoms with van der Waals surface area (Å²) in [6.07, 6.45) is 1.68. The lowest BCUT2D eigenvalue weighted by atomic mass is 10.2. The van der Waals surface area contributed by atoms with Crippen molar-refractivity contribution in [2.75, 3.05) is 7.11 Å². The second-order valence-corrected chi connectivity index (χ2v) is 4.75. The molecule has 102 valence electrons. The Balaban J connectivity index is 1.79. The lowest BCUT2D eigenvalue weighted by molar-refractivity contribution is 0.305. The minimum Gasteiger partial charge on any atom is -0.497 e. The zero-order valence-electron chi connectivity index (χ0n) is 10.9. The van der Waals surface area contributed by atoms with Gasteiger partial charge in [0.2, 0.25) is 0 Å². The molecule has 0 aliphatic rings. The average molecular weight is 289 g/mol. The summed E-state index contributed by atoms with van der Waals surface area (Å²) in [5, 5.41) is 1.58. The molecule has 0 amide bonds. The number of furan rings is 1. The summed E-state index contributed by atoms with van der Waals surface area (Å²) in [5.41, 5.74) is 1.70. The monoisotopic (exact) mass is 288 g/mol. The van der Waals surface area contributed by atoms with Crippen molar-refractivity contribution >= 4 is 22.6 Å². The van der Waals surface area contributed by atoms with Gasteiger partial charge in [0.15, 0.2) is 0 Å². The second kappa shape index (κ2) is 5.47. The smallest absolute Gasteiger partial charge is 0.135 e. The van der Waals surface area contributed by atoms with Crippen molar-refractivity contribution in [3.8, 4) is 11.5 Å². The van der Waals surface area contributed by atoms with E-state index in [9.17, 15) is 0 Å². The van der Waals surface area contributed by atoms with Crippen molar-refractivity contribution < 1.29 is 13.9 Å². The third-order valence-electron chi connectivity index (χ3n) is 3.08. The van der Waals surface area contributed by atoms with Crippen molar-refractivity contribution in [3.63, 3.8) is 0 Å². The molecule has 1 heterocycles. The number of rotatable bonds is 4. The highest BCUT2D eigenvalue weighted by Gasteiger charge is 2.09. The Kier molecular flexibility index (Phi) is 3.52. The summed E-state index contributed by atoms with van der Waals surface area (Å²) < 4.78 is 16.3. The van der Waals surface area contributed by atoms with Crippen LogP contribution in [0.4, 0.5) is 0 Å². The lowest BCUT2D eigenvalue weighted by Crippen LogP contribution is -1.94. The number of hydrogen-bond acceptors (Lipinski definition) is 3. The first kappa shape index (κ1) is 12.9. The van der Waals surface area contributed by atoms with Crippen LogP contribution in [0.3, 0.4) is 0 Å². The number of fused-ring (bicyclic) bond motifs is 1. The number of halogens is 1. The minimum absolute atomic E-state index is 0.406. The molecule has 0 aliphatic carbocycles. The van der Waals surface area contributed by atoms with Crippen molar-refractivity contribution in [1.29, 1.82) is 0 Å². The molecular formula is C16H13ClO3. The molecule has 2 aromatic carbocycles. The van der Waals surface area contributed by atoms with E-state index in [4.69, 9.17) is 25.5 Å². The van der Waals surface area contributed by atoms with Gasteiger partial charge in [-0.2, -0.15) is 0 Å². The Bertz CT molecular complexity index is 716. The molecule has 0 aliphatic heterocycles. The maximum absolute atomic E-state index is 6.19. The maximum atomic E-state index is 6.19. The molecule has 20 heavy (non-hydrogen) atoms. The molecule has 1 aromatic heterocycles. The van der Waals surface area contributed by atoms with E-state index in [0.717, 1.165) is 28.0 Å². The normalized spacial score (nSPS) is 10.7. The van der Waals surface area contributed by atoms with Crippen molar-refractivity contribution in [2.45, 2.75) is 6.61 Å². The van der Waals surface area contributed by atoms with Gasteiger partial charge in [0, 0.05) is 10.9 Å². The number of benzene rings is 2. The Hall–Kier alpha value is -2.13. The van der Waals surface area contributed by atoms with Gasteiger partial charge >= 0.3 is 0 Å². The number of hydrogen-bond donors (Lipinski definition) is 0. The summed E-state index contributed by atoms with van der Waals surface area (Å²) in [6, 6.07) is 13.0. The van der Waals surface area contributed by atoms with Gasteiger partial charge in [-0.25, -0.2) is 0 Å². The first-order valence-corrected chi connectivity index (χ1v) is 6.57. The van der Waals surface area contributed by atoms with Gasteiger partial charge in [0.1, 0.15) is 23.7 Å². The summed E-state index contributed by atoms with van der Waals surface area (Å²) in [6.45, 7) is 0.406. The van der Waals surface area contributed by atoms with Crippen LogP contribution in [-0.2, 0) is 6.61 Å². The van der Waals surface area contributed by atoms with Gasteiger partial charge < -0.3 is 13.9 Å². The van der Waals surface area contributed by atoms with Crippen molar-refractivity contribution in [3.05, 3.63) is 59.3 Å². The van der Waals surface area contributed by atoms with E-state index in [0.29, 0.717) is 11.6 Å². The van der Waals surface area contributed by atoms with Crippen LogP contribution in [0.15, 0.2) is 53.1 Å². The van der Waals surface area contributed by atoms with Gasteiger partial charge in [-0.15, -0.1) is 0 Å². The van der Waals surface area contributed by atoms with Gasteiger partial charge in [-0.05, 0) is 36.4 Å². The molecule has 0 saturated carbocycles. The zero-order valence-corrected chi connectivity index (χ0v) is 11.7. The third-order valence-corrected chi connectivity index (χ3v) is 3.39. The highest BCUT2D eigenvalue weighted by Crippen LogP contribution is 2.29. The Morgan fingerprint density at radius 2 is 1.80 bits per heavy atom. The summed E-state index contributed by atoms with van der Waals surface area (Å²) in [5.74, 6) is 1.57. The van der Waals surface area contributed by atoms with E-state index in [1.807, 2.05) is 42.5 Å². The first-order valence-electron chi connectivity index (χ1n) is 6.19. The number of ether oxygens (including phenoxy) is 2. The van der Waals surface area contributed by atoms with Gasteiger partial charge in [0.05, 0.1) is 18.4 Å². The number of methoxy groups -OCH3 is 1. The first-order chi connectivity index (χ1) is 9.78. The van der Waals surface area contributed by atoms with Crippen LogP contribution in [0.2, 0.25) is 5.02 Å². The highest BCUT2D eigenvalue weighted by molar-refractivity contribution is 6.35. The molecule has 0 radical (unpaired) electrons. The van der Waals surface area contributed by atoms with Crippen LogP contribution < -0.4 is 9.47 Å². The largest absolute Gasteiger partial charge is 0.497 e. The lowest BCUT2D eigenvalue weighted by Gasteiger charge is -2.06. The Morgan fingerprint density at radius 1 is 1.05 bits per heavy atom. The van der Waals surface area contributed by atoms with E-state index in [1.54, 1.807) is 13.4 Å². The van der Waals surface area contributed by atoms with Gasteiger partial charge in [-0.3, -0.25) is 0 Å². The quantitative estimate of drug-likeness (QED) is 0.699. The van der Waals surface area contributed by atoms with Crippen LogP contribution in [0.25, 0.3) is 11.0 Å². The van der Waals surface area contributed by atoms with E-state index in [1.165, 1.54) is 0 Å². The molecular weight excluding hydrogens is 276 g/mol. The average Bonchev–Trinajstić information content (AvgIpc) is 2.90. The van der Waals surface area contributed by atoms with E-state index < -0.39 is 0 Å². The molecule has 3 nitrogen and oxygen atoms in total. The fourth-order valence-corrected chi connectivity index (χ4v) is 2.33. The molecule has 0 spiro atoms. The maximum Gasteiger partial charge on any atom is 0.135 e. The van der Waals surface area contributed by atoms with Crippen molar-refractivity contribution in [1.82, 2.24) is 0 Å². The van der Waals surface area contributed by atoms with Crippen LogP contribution >= 0.6 is 11.6 Å². The fourth-order valence-electron chi connectivity index (χ4n) is 2.05. The molecule has 0 fully saturated rings. The second-order valence-electron chi connectivity index (χ2n) is 4.34. The summed E-state index contributed by atoms with van der Waals surface area (Å²) >= 11 is 6.19. The summed E-state index contributed by atoms with van der Waals surface area (Å²) in [4.78, 5) is 0. The Labute approximate surface area is 121 Å². The topological polar surface area (TPSA) is 31.6 Å². The van der Waals surface area contributed by atoms with Crippen LogP contribution in [0.5, 0.6) is 11.5 Å². The highest BCUT2D eigenvalue weighted by atomic mass is 35.5. The van der Waals surface area contributed by atoms with E-state index >= 15 is 0 Å². The van der Waals surface area contributed by atoms with Gasteiger partial charge in [0.25, 0.3) is 0 Å².